The van der Waals surface area contributed by atoms with Crippen LogP contribution in [-0.2, 0) is 0 Å². The highest BCUT2D eigenvalue weighted by molar-refractivity contribution is 5.97. The zero-order chi connectivity index (χ0) is 24.9. The van der Waals surface area contributed by atoms with Crippen molar-refractivity contribution in [3.8, 4) is 11.1 Å². The summed E-state index contributed by atoms with van der Waals surface area (Å²) >= 11 is 0. The molecule has 3 fully saturated rings. The Hall–Kier alpha value is -2.84. The van der Waals surface area contributed by atoms with Crippen LogP contribution in [0.25, 0.3) is 16.8 Å². The van der Waals surface area contributed by atoms with Gasteiger partial charge in [0.15, 0.2) is 5.65 Å². The lowest BCUT2D eigenvalue weighted by molar-refractivity contribution is -0.0524. The Morgan fingerprint density at radius 2 is 1.89 bits per heavy atom. The highest BCUT2D eigenvalue weighted by Gasteiger charge is 2.38. The van der Waals surface area contributed by atoms with E-state index < -0.39 is 5.60 Å². The van der Waals surface area contributed by atoms with Crippen LogP contribution in [0.3, 0.4) is 0 Å². The van der Waals surface area contributed by atoms with Gasteiger partial charge in [0, 0.05) is 35.8 Å². The van der Waals surface area contributed by atoms with E-state index in [-0.39, 0.29) is 18.3 Å². The third-order valence-electron chi connectivity index (χ3n) is 7.90. The van der Waals surface area contributed by atoms with Crippen molar-refractivity contribution < 1.29 is 9.90 Å². The predicted octanol–water partition coefficient (Wildman–Crippen LogP) is 4.95. The average Bonchev–Trinajstić information content (AvgIpc) is 3.30. The van der Waals surface area contributed by atoms with Gasteiger partial charge in [-0.05, 0) is 75.5 Å². The minimum absolute atomic E-state index is 0. The van der Waals surface area contributed by atoms with Crippen molar-refractivity contribution in [2.75, 3.05) is 17.2 Å². The number of rotatable bonds is 8. The fourth-order valence-corrected chi connectivity index (χ4v) is 5.80. The maximum Gasteiger partial charge on any atom is 0.251 e. The van der Waals surface area contributed by atoms with E-state index in [0.717, 1.165) is 71.8 Å². The number of aryl methyl sites for hydroxylation is 1. The highest BCUT2D eigenvalue weighted by Crippen LogP contribution is 2.37. The SMILES string of the molecule is Cc1cc(-c2cnn3c(NCC4CC(C)(O)C4)cc(NC4CCCC4)nc23)ccc1C(=O)NC1CC1.Cl. The van der Waals surface area contributed by atoms with Crippen LogP contribution in [0, 0.1) is 12.8 Å². The number of fused-ring (bicyclic) bond motifs is 1. The second-order valence-corrected chi connectivity index (χ2v) is 11.4. The second kappa shape index (κ2) is 10.1. The summed E-state index contributed by atoms with van der Waals surface area (Å²) in [4.78, 5) is 17.6. The number of aromatic nitrogens is 3. The normalized spacial score (nSPS) is 23.4. The Morgan fingerprint density at radius 1 is 1.14 bits per heavy atom. The first-order chi connectivity index (χ1) is 17.3. The van der Waals surface area contributed by atoms with Crippen molar-refractivity contribution in [3.05, 3.63) is 41.6 Å². The van der Waals surface area contributed by atoms with Gasteiger partial charge in [-0.15, -0.1) is 12.4 Å². The van der Waals surface area contributed by atoms with Crippen LogP contribution in [0.4, 0.5) is 11.6 Å². The third-order valence-corrected chi connectivity index (χ3v) is 7.90. The van der Waals surface area contributed by atoms with Gasteiger partial charge in [0.05, 0.1) is 11.8 Å². The summed E-state index contributed by atoms with van der Waals surface area (Å²) < 4.78 is 1.87. The van der Waals surface area contributed by atoms with Crippen molar-refractivity contribution in [3.63, 3.8) is 0 Å². The van der Waals surface area contributed by atoms with Gasteiger partial charge in [0.25, 0.3) is 5.91 Å². The second-order valence-electron chi connectivity index (χ2n) is 11.4. The number of hydrogen-bond acceptors (Lipinski definition) is 6. The van der Waals surface area contributed by atoms with Gasteiger partial charge < -0.3 is 21.1 Å². The van der Waals surface area contributed by atoms with Gasteiger partial charge in [-0.3, -0.25) is 4.79 Å². The summed E-state index contributed by atoms with van der Waals surface area (Å²) in [7, 11) is 0. The molecule has 0 unspecified atom stereocenters. The first kappa shape index (κ1) is 25.8. The van der Waals surface area contributed by atoms with Crippen LogP contribution in [0.5, 0.6) is 0 Å². The van der Waals surface area contributed by atoms with Gasteiger partial charge >= 0.3 is 0 Å². The van der Waals surface area contributed by atoms with Crippen molar-refractivity contribution in [1.29, 1.82) is 0 Å². The van der Waals surface area contributed by atoms with Gasteiger partial charge in [-0.1, -0.05) is 25.0 Å². The number of benzene rings is 1. The first-order valence-electron chi connectivity index (χ1n) is 13.4. The predicted molar refractivity (Wildman–Crippen MR) is 149 cm³/mol. The molecule has 1 aromatic carbocycles. The molecule has 0 saturated heterocycles. The molecule has 0 aliphatic heterocycles. The fraction of sp³-hybridized carbons (Fsp3) is 0.536. The Kier molecular flexibility index (Phi) is 7.07. The van der Waals surface area contributed by atoms with Gasteiger partial charge in [-0.2, -0.15) is 9.61 Å². The molecule has 2 heterocycles. The van der Waals surface area contributed by atoms with E-state index in [1.807, 2.05) is 36.7 Å². The molecule has 0 atom stereocenters. The molecule has 0 radical (unpaired) electrons. The van der Waals surface area contributed by atoms with Gasteiger partial charge in [0.2, 0.25) is 0 Å². The molecule has 4 N–H and O–H groups in total. The molecule has 0 spiro atoms. The molecule has 37 heavy (non-hydrogen) atoms. The summed E-state index contributed by atoms with van der Waals surface area (Å²) in [6.07, 6.45) is 10.5. The molecule has 3 aliphatic rings. The van der Waals surface area contributed by atoms with E-state index >= 15 is 0 Å². The maximum absolute atomic E-state index is 12.6. The number of amides is 1. The molecular weight excluding hydrogens is 488 g/mol. The number of hydrogen-bond donors (Lipinski definition) is 4. The van der Waals surface area contributed by atoms with Crippen LogP contribution in [0.15, 0.2) is 30.5 Å². The average molecular weight is 525 g/mol. The van der Waals surface area contributed by atoms with Crippen molar-refractivity contribution in [2.24, 2.45) is 5.92 Å². The molecule has 9 heteroatoms. The zero-order valence-corrected chi connectivity index (χ0v) is 22.4. The smallest absolute Gasteiger partial charge is 0.251 e. The quantitative estimate of drug-likeness (QED) is 0.332. The topological polar surface area (TPSA) is 104 Å². The number of aliphatic hydroxyl groups is 1. The van der Waals surface area contributed by atoms with Crippen LogP contribution in [-0.4, -0.2) is 49.8 Å². The van der Waals surface area contributed by atoms with Crippen LogP contribution >= 0.6 is 12.4 Å². The molecule has 8 nitrogen and oxygen atoms in total. The number of nitrogens with one attached hydrogen (secondary N) is 3. The fourth-order valence-electron chi connectivity index (χ4n) is 5.80. The Bertz CT molecular complexity index is 1290. The summed E-state index contributed by atoms with van der Waals surface area (Å²) in [5.41, 5.74) is 3.86. The van der Waals surface area contributed by atoms with E-state index in [0.29, 0.717) is 18.0 Å². The van der Waals surface area contributed by atoms with E-state index in [1.54, 1.807) is 0 Å². The molecule has 2 aromatic heterocycles. The van der Waals surface area contributed by atoms with Crippen LogP contribution in [0.2, 0.25) is 0 Å². The largest absolute Gasteiger partial charge is 0.390 e. The van der Waals surface area contributed by atoms with E-state index in [4.69, 9.17) is 4.98 Å². The molecule has 0 bridgehead atoms. The standard InChI is InChI=1S/C28H36N6O2.ClH/c1-17-11-19(7-10-22(17)27(35)32-21-8-9-21)23-16-30-34-25(29-15-18-13-28(2,36)14-18)12-24(33-26(23)34)31-20-5-3-4-6-20;/h7,10-12,16,18,20-21,29,36H,3-6,8-9,13-15H2,1-2H3,(H,31,33)(H,32,35);1H. The van der Waals surface area contributed by atoms with Crippen molar-refractivity contribution in [1.82, 2.24) is 19.9 Å². The summed E-state index contributed by atoms with van der Waals surface area (Å²) in [6.45, 7) is 4.68. The zero-order valence-electron chi connectivity index (χ0n) is 21.6. The first-order valence-corrected chi connectivity index (χ1v) is 13.4. The minimum Gasteiger partial charge on any atom is -0.390 e. The highest BCUT2D eigenvalue weighted by atomic mass is 35.5. The lowest BCUT2D eigenvalue weighted by Crippen LogP contribution is -2.43. The Balaban J connectivity index is 0.00000280. The molecule has 3 saturated carbocycles. The van der Waals surface area contributed by atoms with Crippen LogP contribution in [0.1, 0.15) is 74.2 Å². The molecular formula is C28H37ClN6O2. The monoisotopic (exact) mass is 524 g/mol. The lowest BCUT2D eigenvalue weighted by Gasteiger charge is -2.41. The Labute approximate surface area is 224 Å². The minimum atomic E-state index is -0.534. The van der Waals surface area contributed by atoms with Crippen molar-refractivity contribution in [2.45, 2.75) is 82.9 Å². The molecule has 3 aromatic rings. The summed E-state index contributed by atoms with van der Waals surface area (Å²) in [6, 6.07) is 8.80. The lowest BCUT2D eigenvalue weighted by atomic mass is 9.72. The number of halogens is 1. The van der Waals surface area contributed by atoms with E-state index in [2.05, 4.69) is 33.2 Å². The molecule has 3 aliphatic carbocycles. The Morgan fingerprint density at radius 3 is 2.57 bits per heavy atom. The van der Waals surface area contributed by atoms with Crippen molar-refractivity contribution >= 4 is 35.6 Å². The van der Waals surface area contributed by atoms with Crippen LogP contribution < -0.4 is 16.0 Å². The summed E-state index contributed by atoms with van der Waals surface area (Å²) in [5, 5.41) is 25.1. The van der Waals surface area contributed by atoms with E-state index in [1.165, 1.54) is 25.7 Å². The molecule has 1 amide bonds. The van der Waals surface area contributed by atoms with Gasteiger partial charge in [-0.25, -0.2) is 4.98 Å². The number of anilines is 2. The van der Waals surface area contributed by atoms with Gasteiger partial charge in [0.1, 0.15) is 11.6 Å². The number of nitrogens with zero attached hydrogens (tertiary/aromatic N) is 3. The summed E-state index contributed by atoms with van der Waals surface area (Å²) in [5.74, 6) is 2.21. The molecule has 6 rings (SSSR count). The maximum atomic E-state index is 12.6. The third kappa shape index (κ3) is 5.55. The number of carbonyl (C=O) groups excluding carboxylic acids is 1. The molecule has 198 valence electrons. The number of carbonyl (C=O) groups is 1. The van der Waals surface area contributed by atoms with E-state index in [9.17, 15) is 9.90 Å².